The summed E-state index contributed by atoms with van der Waals surface area (Å²) in [4.78, 5) is 23.4. The van der Waals surface area contributed by atoms with Gasteiger partial charge in [-0.05, 0) is 0 Å². The fraction of sp³-hybridized carbons (Fsp3) is 0.143. The van der Waals surface area contributed by atoms with Crippen LogP contribution in [0.1, 0.15) is 22.5 Å². The van der Waals surface area contributed by atoms with E-state index in [1.807, 2.05) is 0 Å². The average molecular weight is 232 g/mol. The van der Waals surface area contributed by atoms with Crippen molar-refractivity contribution < 1.29 is 18.5 Å². The van der Waals surface area contributed by atoms with Gasteiger partial charge in [-0.1, -0.05) is 0 Å². The maximum absolute atomic E-state index is 12.5. The van der Waals surface area contributed by atoms with Crippen molar-refractivity contribution in [2.24, 2.45) is 5.73 Å². The zero-order valence-electron chi connectivity index (χ0n) is 7.68. The molecule has 0 spiro atoms. The third kappa shape index (κ3) is 2.02. The topological polar surface area (TPSA) is 125 Å². The van der Waals surface area contributed by atoms with E-state index in [9.17, 15) is 23.7 Å². The summed E-state index contributed by atoms with van der Waals surface area (Å²) in [6, 6.07) is 0.493. The van der Waals surface area contributed by atoms with E-state index < -0.39 is 40.0 Å². The number of nitro groups is 1. The number of rotatable bonds is 3. The van der Waals surface area contributed by atoms with Crippen LogP contribution < -0.4 is 11.5 Å². The number of amides is 1. The molecule has 1 amide bonds. The number of carbonyl (C=O) groups excluding carboxylic acids is 1. The largest absolute Gasteiger partial charge is 0.378 e. The highest BCUT2D eigenvalue weighted by atomic mass is 19.3. The number of alkyl halides is 2. The highest BCUT2D eigenvalue weighted by Gasteiger charge is 2.25. The van der Waals surface area contributed by atoms with E-state index in [1.54, 1.807) is 0 Å². The minimum Gasteiger partial charge on any atom is -0.378 e. The van der Waals surface area contributed by atoms with Crippen molar-refractivity contribution in [3.05, 3.63) is 27.4 Å². The first-order valence-electron chi connectivity index (χ1n) is 3.87. The van der Waals surface area contributed by atoms with E-state index >= 15 is 0 Å². The van der Waals surface area contributed by atoms with Gasteiger partial charge < -0.3 is 11.5 Å². The van der Waals surface area contributed by atoms with Crippen molar-refractivity contribution in [3.63, 3.8) is 0 Å². The summed E-state index contributed by atoms with van der Waals surface area (Å²) in [5.41, 5.74) is 7.45. The second-order valence-corrected chi connectivity index (χ2v) is 2.75. The Morgan fingerprint density at radius 2 is 2.12 bits per heavy atom. The standard InChI is InChI=1S/C7H6F2N4O3/c8-5(9)2-1-3(13(15)16)6(10)12-4(2)7(11)14/h1,5H,(H2,10,12)(H2,11,14). The van der Waals surface area contributed by atoms with Crippen LogP contribution in [-0.2, 0) is 0 Å². The molecule has 86 valence electrons. The lowest BCUT2D eigenvalue weighted by Gasteiger charge is -2.05. The van der Waals surface area contributed by atoms with E-state index in [-0.39, 0.29) is 0 Å². The van der Waals surface area contributed by atoms with Gasteiger partial charge in [-0.2, -0.15) is 0 Å². The van der Waals surface area contributed by atoms with E-state index in [2.05, 4.69) is 4.98 Å². The van der Waals surface area contributed by atoms with Crippen LogP contribution >= 0.6 is 0 Å². The Hall–Kier alpha value is -2.32. The molecular formula is C7H6F2N4O3. The van der Waals surface area contributed by atoms with Crippen LogP contribution in [0.5, 0.6) is 0 Å². The summed E-state index contributed by atoms with van der Waals surface area (Å²) >= 11 is 0. The minimum atomic E-state index is -3.10. The zero-order chi connectivity index (χ0) is 12.5. The summed E-state index contributed by atoms with van der Waals surface area (Å²) in [7, 11) is 0. The second kappa shape index (κ2) is 4.04. The molecule has 1 aromatic heterocycles. The van der Waals surface area contributed by atoms with Gasteiger partial charge in [0.2, 0.25) is 5.82 Å². The molecule has 16 heavy (non-hydrogen) atoms. The average Bonchev–Trinajstić information content (AvgIpc) is 2.15. The maximum atomic E-state index is 12.5. The summed E-state index contributed by atoms with van der Waals surface area (Å²) < 4.78 is 24.9. The highest BCUT2D eigenvalue weighted by molar-refractivity contribution is 5.93. The highest BCUT2D eigenvalue weighted by Crippen LogP contribution is 2.28. The first kappa shape index (κ1) is 11.8. The molecule has 0 aliphatic carbocycles. The summed E-state index contributed by atoms with van der Waals surface area (Å²) in [5, 5.41) is 10.4. The van der Waals surface area contributed by atoms with Crippen LogP contribution in [0, 0.1) is 10.1 Å². The lowest BCUT2D eigenvalue weighted by atomic mass is 10.1. The molecule has 0 aliphatic heterocycles. The fourth-order valence-electron chi connectivity index (χ4n) is 1.04. The third-order valence-electron chi connectivity index (χ3n) is 1.73. The molecule has 1 rings (SSSR count). The molecule has 0 saturated carbocycles. The molecule has 1 aromatic rings. The van der Waals surface area contributed by atoms with Gasteiger partial charge >= 0.3 is 5.69 Å². The lowest BCUT2D eigenvalue weighted by molar-refractivity contribution is -0.384. The number of anilines is 1. The van der Waals surface area contributed by atoms with Crippen molar-refractivity contribution in [1.82, 2.24) is 4.98 Å². The van der Waals surface area contributed by atoms with Crippen molar-refractivity contribution >= 4 is 17.4 Å². The Kier molecular flexibility index (Phi) is 2.97. The van der Waals surface area contributed by atoms with Gasteiger partial charge in [-0.3, -0.25) is 14.9 Å². The number of nitrogens with zero attached hydrogens (tertiary/aromatic N) is 2. The maximum Gasteiger partial charge on any atom is 0.311 e. The van der Waals surface area contributed by atoms with Crippen LogP contribution in [-0.4, -0.2) is 15.8 Å². The van der Waals surface area contributed by atoms with E-state index in [4.69, 9.17) is 11.5 Å². The number of carbonyl (C=O) groups is 1. The van der Waals surface area contributed by atoms with E-state index in [0.717, 1.165) is 0 Å². The van der Waals surface area contributed by atoms with Crippen LogP contribution in [0.25, 0.3) is 0 Å². The van der Waals surface area contributed by atoms with Crippen molar-refractivity contribution in [3.8, 4) is 0 Å². The van der Waals surface area contributed by atoms with Crippen molar-refractivity contribution in [2.45, 2.75) is 6.43 Å². The normalized spacial score (nSPS) is 10.4. The molecule has 0 saturated heterocycles. The van der Waals surface area contributed by atoms with Crippen LogP contribution in [0.15, 0.2) is 6.07 Å². The number of pyridine rings is 1. The fourth-order valence-corrected chi connectivity index (χ4v) is 1.04. The number of primary amides is 1. The van der Waals surface area contributed by atoms with Gasteiger partial charge in [0, 0.05) is 6.07 Å². The SMILES string of the molecule is NC(=O)c1nc(N)c([N+](=O)[O-])cc1C(F)F. The Balaban J connectivity index is 3.49. The molecule has 0 atom stereocenters. The molecule has 7 nitrogen and oxygen atoms in total. The quantitative estimate of drug-likeness (QED) is 0.583. The van der Waals surface area contributed by atoms with Crippen LogP contribution in [0.4, 0.5) is 20.3 Å². The minimum absolute atomic E-state index is 0.493. The number of nitrogens with two attached hydrogens (primary N) is 2. The first-order valence-corrected chi connectivity index (χ1v) is 3.87. The number of aromatic nitrogens is 1. The third-order valence-corrected chi connectivity index (χ3v) is 1.73. The van der Waals surface area contributed by atoms with Crippen molar-refractivity contribution in [1.29, 1.82) is 0 Å². The van der Waals surface area contributed by atoms with Gasteiger partial charge in [0.25, 0.3) is 12.3 Å². The van der Waals surface area contributed by atoms with Gasteiger partial charge in [-0.15, -0.1) is 0 Å². The zero-order valence-corrected chi connectivity index (χ0v) is 7.68. The van der Waals surface area contributed by atoms with Crippen molar-refractivity contribution in [2.75, 3.05) is 5.73 Å². The number of halogens is 2. The summed E-state index contributed by atoms with van der Waals surface area (Å²) in [5.74, 6) is -1.86. The Labute approximate surface area is 87.2 Å². The predicted octanol–water partition coefficient (Wildman–Crippen LogP) is 0.608. The molecule has 4 N–H and O–H groups in total. The molecule has 0 aromatic carbocycles. The second-order valence-electron chi connectivity index (χ2n) is 2.75. The van der Waals surface area contributed by atoms with E-state index in [1.165, 1.54) is 0 Å². The molecule has 1 heterocycles. The van der Waals surface area contributed by atoms with Gasteiger partial charge in [0.05, 0.1) is 10.5 Å². The van der Waals surface area contributed by atoms with E-state index in [0.29, 0.717) is 6.07 Å². The monoisotopic (exact) mass is 232 g/mol. The molecule has 0 aliphatic rings. The van der Waals surface area contributed by atoms with Crippen LogP contribution in [0.2, 0.25) is 0 Å². The van der Waals surface area contributed by atoms with Gasteiger partial charge in [0.15, 0.2) is 0 Å². The van der Waals surface area contributed by atoms with Gasteiger partial charge in [-0.25, -0.2) is 13.8 Å². The molecular weight excluding hydrogens is 226 g/mol. The Morgan fingerprint density at radius 3 is 2.50 bits per heavy atom. The molecule has 0 unspecified atom stereocenters. The van der Waals surface area contributed by atoms with Gasteiger partial charge in [0.1, 0.15) is 5.69 Å². The van der Waals surface area contributed by atoms with Crippen LogP contribution in [0.3, 0.4) is 0 Å². The number of nitrogen functional groups attached to an aromatic ring is 1. The number of hydrogen-bond acceptors (Lipinski definition) is 5. The first-order chi connectivity index (χ1) is 7.34. The summed E-state index contributed by atoms with van der Waals surface area (Å²) in [6.45, 7) is 0. The summed E-state index contributed by atoms with van der Waals surface area (Å²) in [6.07, 6.45) is -3.10. The molecule has 0 bridgehead atoms. The Bertz CT molecular complexity index is 463. The predicted molar refractivity (Wildman–Crippen MR) is 48.8 cm³/mol. The molecule has 0 radical (unpaired) electrons. The molecule has 9 heteroatoms. The number of hydrogen-bond donors (Lipinski definition) is 2. The molecule has 0 fully saturated rings. The smallest absolute Gasteiger partial charge is 0.311 e. The lowest BCUT2D eigenvalue weighted by Crippen LogP contribution is -2.18. The Morgan fingerprint density at radius 1 is 1.56 bits per heavy atom.